The number of anilines is 1. The molecule has 0 saturated carbocycles. The van der Waals surface area contributed by atoms with Crippen LogP contribution in [0.4, 0.5) is 14.5 Å². The van der Waals surface area contributed by atoms with Crippen LogP contribution in [-0.4, -0.2) is 12.5 Å². The normalized spacial score (nSPS) is 10.3. The monoisotopic (exact) mass is 311 g/mol. The third kappa shape index (κ3) is 4.43. The van der Waals surface area contributed by atoms with E-state index in [4.69, 9.17) is 16.3 Å². The number of carbonyl (C=O) groups is 1. The van der Waals surface area contributed by atoms with Gasteiger partial charge in [-0.15, -0.1) is 0 Å². The number of benzene rings is 2. The largest absolute Gasteiger partial charge is 0.483 e. The maximum absolute atomic E-state index is 13.0. The maximum Gasteiger partial charge on any atom is 0.262 e. The van der Waals surface area contributed by atoms with Crippen molar-refractivity contribution in [2.45, 2.75) is 6.92 Å². The molecular formula is C15H12ClF2NO2. The minimum absolute atomic E-state index is 0.0360. The minimum atomic E-state index is -0.764. The van der Waals surface area contributed by atoms with Crippen LogP contribution in [-0.2, 0) is 4.79 Å². The Kier molecular flexibility index (Phi) is 4.75. The van der Waals surface area contributed by atoms with E-state index in [1.54, 1.807) is 25.1 Å². The molecule has 6 heteroatoms. The lowest BCUT2D eigenvalue weighted by atomic mass is 10.2. The Morgan fingerprint density at radius 1 is 1.19 bits per heavy atom. The average Bonchev–Trinajstić information content (AvgIpc) is 2.36. The molecule has 2 aromatic carbocycles. The second-order valence-electron chi connectivity index (χ2n) is 4.40. The van der Waals surface area contributed by atoms with E-state index < -0.39 is 17.5 Å². The smallest absolute Gasteiger partial charge is 0.262 e. The van der Waals surface area contributed by atoms with Gasteiger partial charge in [-0.25, -0.2) is 8.78 Å². The predicted molar refractivity (Wildman–Crippen MR) is 76.7 cm³/mol. The van der Waals surface area contributed by atoms with Crippen molar-refractivity contribution < 1.29 is 18.3 Å². The molecule has 3 nitrogen and oxygen atoms in total. The predicted octanol–water partition coefficient (Wildman–Crippen LogP) is 3.94. The quantitative estimate of drug-likeness (QED) is 0.928. The third-order valence-corrected chi connectivity index (χ3v) is 2.88. The van der Waals surface area contributed by atoms with Crippen LogP contribution in [0.15, 0.2) is 36.4 Å². The lowest BCUT2D eigenvalue weighted by Gasteiger charge is -2.10. The van der Waals surface area contributed by atoms with E-state index in [9.17, 15) is 13.6 Å². The zero-order chi connectivity index (χ0) is 15.4. The molecule has 0 aliphatic carbocycles. The summed E-state index contributed by atoms with van der Waals surface area (Å²) in [5.74, 6) is -1.53. The van der Waals surface area contributed by atoms with Crippen molar-refractivity contribution in [1.82, 2.24) is 0 Å². The molecule has 2 rings (SSSR count). The average molecular weight is 312 g/mol. The molecule has 1 N–H and O–H groups in total. The van der Waals surface area contributed by atoms with Crippen LogP contribution < -0.4 is 10.1 Å². The van der Waals surface area contributed by atoms with E-state index in [1.165, 1.54) is 0 Å². The van der Waals surface area contributed by atoms with Gasteiger partial charge in [0.25, 0.3) is 5.91 Å². The Balaban J connectivity index is 1.95. The third-order valence-electron chi connectivity index (χ3n) is 2.64. The summed E-state index contributed by atoms with van der Waals surface area (Å²) in [6, 6.07) is 7.76. The van der Waals surface area contributed by atoms with Crippen molar-refractivity contribution >= 4 is 23.2 Å². The standard InChI is InChI=1S/C15H12ClF2NO2/c1-9-4-10(16)2-3-14(9)21-8-15(20)19-13-6-11(17)5-12(18)7-13/h2-7H,8H2,1H3,(H,19,20). The van der Waals surface area contributed by atoms with Gasteiger partial charge in [-0.3, -0.25) is 4.79 Å². The number of hydrogen-bond acceptors (Lipinski definition) is 2. The highest BCUT2D eigenvalue weighted by molar-refractivity contribution is 6.30. The number of rotatable bonds is 4. The van der Waals surface area contributed by atoms with Gasteiger partial charge >= 0.3 is 0 Å². The lowest BCUT2D eigenvalue weighted by Crippen LogP contribution is -2.20. The van der Waals surface area contributed by atoms with E-state index >= 15 is 0 Å². The Bertz CT molecular complexity index is 656. The summed E-state index contributed by atoms with van der Waals surface area (Å²) in [6.07, 6.45) is 0. The molecule has 21 heavy (non-hydrogen) atoms. The summed E-state index contributed by atoms with van der Waals surface area (Å²) in [4.78, 5) is 11.7. The lowest BCUT2D eigenvalue weighted by molar-refractivity contribution is -0.118. The Hall–Kier alpha value is -2.14. The van der Waals surface area contributed by atoms with Gasteiger partial charge in [-0.1, -0.05) is 11.6 Å². The highest BCUT2D eigenvalue weighted by Crippen LogP contribution is 2.21. The molecule has 0 radical (unpaired) electrons. The van der Waals surface area contributed by atoms with Crippen LogP contribution in [0.5, 0.6) is 5.75 Å². The number of hydrogen-bond donors (Lipinski definition) is 1. The van der Waals surface area contributed by atoms with Gasteiger partial charge in [0.1, 0.15) is 17.4 Å². The van der Waals surface area contributed by atoms with E-state index in [1.807, 2.05) is 0 Å². The Labute approximate surface area is 125 Å². The molecule has 0 heterocycles. The summed E-state index contributed by atoms with van der Waals surface area (Å²) in [7, 11) is 0. The van der Waals surface area contributed by atoms with Crippen LogP contribution in [0.1, 0.15) is 5.56 Å². The number of amides is 1. The first-order chi connectivity index (χ1) is 9.94. The van der Waals surface area contributed by atoms with Crippen LogP contribution >= 0.6 is 11.6 Å². The highest BCUT2D eigenvalue weighted by atomic mass is 35.5. The number of carbonyl (C=O) groups excluding carboxylic acids is 1. The first-order valence-corrected chi connectivity index (χ1v) is 6.47. The number of nitrogens with one attached hydrogen (secondary N) is 1. The fourth-order valence-electron chi connectivity index (χ4n) is 1.74. The van der Waals surface area contributed by atoms with Gasteiger partial charge in [0, 0.05) is 16.8 Å². The van der Waals surface area contributed by atoms with Gasteiger partial charge in [-0.2, -0.15) is 0 Å². The minimum Gasteiger partial charge on any atom is -0.483 e. The van der Waals surface area contributed by atoms with Gasteiger partial charge in [0.15, 0.2) is 6.61 Å². The molecule has 110 valence electrons. The Morgan fingerprint density at radius 2 is 1.86 bits per heavy atom. The van der Waals surface area contributed by atoms with Gasteiger partial charge in [0.05, 0.1) is 0 Å². The number of aryl methyl sites for hydroxylation is 1. The first kappa shape index (κ1) is 15.3. The van der Waals surface area contributed by atoms with Crippen molar-refractivity contribution in [2.75, 3.05) is 11.9 Å². The zero-order valence-electron chi connectivity index (χ0n) is 11.1. The molecule has 0 unspecified atom stereocenters. The summed E-state index contributed by atoms with van der Waals surface area (Å²) >= 11 is 5.81. The van der Waals surface area contributed by atoms with Crippen molar-refractivity contribution in [2.24, 2.45) is 0 Å². The van der Waals surface area contributed by atoms with Gasteiger partial charge in [0.2, 0.25) is 0 Å². The second-order valence-corrected chi connectivity index (χ2v) is 4.84. The summed E-state index contributed by atoms with van der Waals surface area (Å²) in [5, 5.41) is 2.92. The van der Waals surface area contributed by atoms with Crippen molar-refractivity contribution in [3.05, 3.63) is 58.6 Å². The van der Waals surface area contributed by atoms with E-state index in [-0.39, 0.29) is 12.3 Å². The first-order valence-electron chi connectivity index (χ1n) is 6.09. The van der Waals surface area contributed by atoms with Crippen molar-refractivity contribution in [3.8, 4) is 5.75 Å². The SMILES string of the molecule is Cc1cc(Cl)ccc1OCC(=O)Nc1cc(F)cc(F)c1. The van der Waals surface area contributed by atoms with Crippen LogP contribution in [0.2, 0.25) is 5.02 Å². The van der Waals surface area contributed by atoms with Crippen molar-refractivity contribution in [3.63, 3.8) is 0 Å². The molecular weight excluding hydrogens is 300 g/mol. The van der Waals surface area contributed by atoms with Crippen LogP contribution in [0.3, 0.4) is 0 Å². The zero-order valence-corrected chi connectivity index (χ0v) is 11.9. The molecule has 1 amide bonds. The second kappa shape index (κ2) is 6.54. The van der Waals surface area contributed by atoms with Gasteiger partial charge in [-0.05, 0) is 42.8 Å². The van der Waals surface area contributed by atoms with Gasteiger partial charge < -0.3 is 10.1 Å². The van der Waals surface area contributed by atoms with E-state index in [0.29, 0.717) is 10.8 Å². The highest BCUT2D eigenvalue weighted by Gasteiger charge is 2.08. The fraction of sp³-hybridized carbons (Fsp3) is 0.133. The fourth-order valence-corrected chi connectivity index (χ4v) is 1.97. The molecule has 0 aliphatic heterocycles. The molecule has 0 bridgehead atoms. The summed E-state index contributed by atoms with van der Waals surface area (Å²) in [6.45, 7) is 1.52. The number of ether oxygens (including phenoxy) is 1. The maximum atomic E-state index is 13.0. The molecule has 2 aromatic rings. The molecule has 0 saturated heterocycles. The van der Waals surface area contributed by atoms with Crippen molar-refractivity contribution in [1.29, 1.82) is 0 Å². The topological polar surface area (TPSA) is 38.3 Å². The summed E-state index contributed by atoms with van der Waals surface area (Å²) in [5.41, 5.74) is 0.820. The molecule has 0 fully saturated rings. The molecule has 0 spiro atoms. The molecule has 0 aliphatic rings. The Morgan fingerprint density at radius 3 is 2.48 bits per heavy atom. The molecule has 0 atom stereocenters. The van der Waals surface area contributed by atoms with E-state index in [2.05, 4.69) is 5.32 Å². The molecule has 0 aromatic heterocycles. The van der Waals surface area contributed by atoms with Crippen LogP contribution in [0.25, 0.3) is 0 Å². The van der Waals surface area contributed by atoms with Crippen LogP contribution in [0, 0.1) is 18.6 Å². The van der Waals surface area contributed by atoms with E-state index in [0.717, 1.165) is 23.8 Å². The summed E-state index contributed by atoms with van der Waals surface area (Å²) < 4.78 is 31.3. The number of halogens is 3.